The molecular weight excluding hydrogens is 237 g/mol. The highest BCUT2D eigenvalue weighted by molar-refractivity contribution is 6.50. The summed E-state index contributed by atoms with van der Waals surface area (Å²) in [4.78, 5) is 7.23. The lowest BCUT2D eigenvalue weighted by Gasteiger charge is -1.94. The Morgan fingerprint density at radius 2 is 1.65 bits per heavy atom. The Morgan fingerprint density at radius 3 is 2.24 bits per heavy atom. The molecule has 0 bridgehead atoms. The van der Waals surface area contributed by atoms with Crippen molar-refractivity contribution in [1.29, 1.82) is 5.39 Å². The number of nitrogens with zero attached hydrogens (tertiary/aromatic N) is 3. The number of halogens is 4. The third-order valence-electron chi connectivity index (χ3n) is 1.72. The van der Waals surface area contributed by atoms with Crippen LogP contribution in [0, 0.1) is 5.39 Å². The fourth-order valence-corrected chi connectivity index (χ4v) is 1.17. The van der Waals surface area contributed by atoms with Crippen molar-refractivity contribution >= 4 is 23.8 Å². The van der Waals surface area contributed by atoms with E-state index in [2.05, 4.69) is 9.96 Å². The number of benzene rings is 1. The minimum Gasteiger partial charge on any atom is -0.418 e. The molecule has 17 heavy (non-hydrogen) atoms. The zero-order chi connectivity index (χ0) is 12.9. The average Bonchev–Trinajstić information content (AvgIpc) is 2.26. The summed E-state index contributed by atoms with van der Waals surface area (Å²) in [5, 5.41) is 9.60. The normalized spacial score (nSPS) is 10.3. The second-order valence-electron chi connectivity index (χ2n) is 2.95. The Hall–Kier alpha value is -2.17. The van der Waals surface area contributed by atoms with E-state index >= 15 is 0 Å². The number of hydrogen-bond donors (Lipinski definition) is 0. The maximum Gasteiger partial charge on any atom is 0.673 e. The summed E-state index contributed by atoms with van der Waals surface area (Å²) in [7, 11) is -6.00. The van der Waals surface area contributed by atoms with Crippen LogP contribution in [0.4, 0.5) is 23.0 Å². The molecule has 8 heteroatoms. The first kappa shape index (κ1) is 12.9. The van der Waals surface area contributed by atoms with E-state index in [0.717, 1.165) is 10.9 Å². The Balaban J connectivity index is 0.000000249. The van der Waals surface area contributed by atoms with E-state index in [9.17, 15) is 17.3 Å². The van der Waals surface area contributed by atoms with Crippen molar-refractivity contribution in [2.45, 2.75) is 0 Å². The summed E-state index contributed by atoms with van der Waals surface area (Å²) >= 11 is 0. The van der Waals surface area contributed by atoms with Crippen molar-refractivity contribution < 1.29 is 17.3 Å². The lowest BCUT2D eigenvalue weighted by Crippen LogP contribution is -2.02. The van der Waals surface area contributed by atoms with Gasteiger partial charge < -0.3 is 17.3 Å². The number of diazo groups is 1. The van der Waals surface area contributed by atoms with Gasteiger partial charge in [0, 0.05) is 17.6 Å². The fraction of sp³-hybridized carbons (Fsp3) is 0. The molecule has 0 saturated carbocycles. The molecule has 3 nitrogen and oxygen atoms in total. The Kier molecular flexibility index (Phi) is 3.98. The minimum absolute atomic E-state index is 0.508. The molecule has 0 aliphatic carbocycles. The van der Waals surface area contributed by atoms with Crippen LogP contribution in [0.1, 0.15) is 0 Å². The molecule has 1 aromatic heterocycles. The summed E-state index contributed by atoms with van der Waals surface area (Å²) in [5.41, 5.74) is 1.23. The standard InChI is InChI=1S/C9H6N3.BF4/c10-12-8-5-1-3-7-4-2-6-11-9(7)8;2-1(3,4)5/h1-6H;/q+1;-1. The molecule has 2 aromatic rings. The Labute approximate surface area is 93.8 Å². The van der Waals surface area contributed by atoms with Gasteiger partial charge in [-0.05, 0) is 6.07 Å². The van der Waals surface area contributed by atoms with Crippen molar-refractivity contribution in [1.82, 2.24) is 4.98 Å². The minimum atomic E-state index is -6.00. The largest absolute Gasteiger partial charge is 0.673 e. The van der Waals surface area contributed by atoms with E-state index in [1.54, 1.807) is 12.3 Å². The van der Waals surface area contributed by atoms with Gasteiger partial charge in [-0.1, -0.05) is 18.2 Å². The van der Waals surface area contributed by atoms with E-state index in [1.165, 1.54) is 0 Å². The first-order valence-electron chi connectivity index (χ1n) is 4.48. The van der Waals surface area contributed by atoms with Crippen molar-refractivity contribution in [2.24, 2.45) is 0 Å². The Bertz CT molecular complexity index is 538. The smallest absolute Gasteiger partial charge is 0.418 e. The summed E-state index contributed by atoms with van der Waals surface area (Å²) in [6, 6.07) is 9.26. The van der Waals surface area contributed by atoms with Crippen LogP contribution in [0.2, 0.25) is 0 Å². The highest BCUT2D eigenvalue weighted by Gasteiger charge is 2.20. The monoisotopic (exact) mass is 243 g/mol. The SMILES string of the molecule is F[B-](F)(F)F.N#[N+]c1cccc2cccnc12. The molecule has 0 spiro atoms. The molecule has 0 unspecified atom stereocenters. The maximum absolute atomic E-state index is 9.75. The number of fused-ring (bicyclic) bond motifs is 1. The second-order valence-corrected chi connectivity index (χ2v) is 2.95. The molecular formula is C9H6BF4N3. The molecule has 0 aliphatic heterocycles. The van der Waals surface area contributed by atoms with Crippen LogP contribution in [-0.4, -0.2) is 12.2 Å². The van der Waals surface area contributed by atoms with Gasteiger partial charge in [-0.25, -0.2) is 4.98 Å². The molecule has 0 fully saturated rings. The summed E-state index contributed by atoms with van der Waals surface area (Å²) in [6.45, 7) is 0. The molecule has 0 radical (unpaired) electrons. The van der Waals surface area contributed by atoms with Gasteiger partial charge in [0.1, 0.15) is 0 Å². The van der Waals surface area contributed by atoms with Crippen molar-refractivity contribution in [3.8, 4) is 0 Å². The third kappa shape index (κ3) is 4.46. The lowest BCUT2D eigenvalue weighted by molar-refractivity contribution is 0.368. The van der Waals surface area contributed by atoms with Gasteiger partial charge in [0.15, 0.2) is 10.5 Å². The van der Waals surface area contributed by atoms with Crippen LogP contribution in [0.15, 0.2) is 36.5 Å². The van der Waals surface area contributed by atoms with Crippen LogP contribution in [0.3, 0.4) is 0 Å². The summed E-state index contributed by atoms with van der Waals surface area (Å²) < 4.78 is 39.0. The molecule has 0 atom stereocenters. The van der Waals surface area contributed by atoms with E-state index in [-0.39, 0.29) is 0 Å². The van der Waals surface area contributed by atoms with Crippen LogP contribution >= 0.6 is 0 Å². The molecule has 0 saturated heterocycles. The van der Waals surface area contributed by atoms with Crippen molar-refractivity contribution in [3.05, 3.63) is 41.5 Å². The van der Waals surface area contributed by atoms with Crippen LogP contribution in [0.25, 0.3) is 15.9 Å². The predicted molar refractivity (Wildman–Crippen MR) is 56.7 cm³/mol. The highest BCUT2D eigenvalue weighted by Crippen LogP contribution is 2.22. The molecule has 88 valence electrons. The quantitative estimate of drug-likeness (QED) is 0.398. The van der Waals surface area contributed by atoms with Gasteiger partial charge in [-0.2, -0.15) is 0 Å². The first-order chi connectivity index (χ1) is 7.92. The Morgan fingerprint density at radius 1 is 1.06 bits per heavy atom. The number of aromatic nitrogens is 1. The van der Waals surface area contributed by atoms with Gasteiger partial charge in [-0.15, -0.1) is 0 Å². The van der Waals surface area contributed by atoms with Crippen molar-refractivity contribution in [3.63, 3.8) is 0 Å². The highest BCUT2D eigenvalue weighted by atomic mass is 19.5. The van der Waals surface area contributed by atoms with Gasteiger partial charge in [0.25, 0.3) is 0 Å². The zero-order valence-corrected chi connectivity index (χ0v) is 8.39. The molecule has 0 N–H and O–H groups in total. The van der Waals surface area contributed by atoms with Crippen LogP contribution in [0.5, 0.6) is 0 Å². The van der Waals surface area contributed by atoms with Crippen molar-refractivity contribution in [2.75, 3.05) is 0 Å². The van der Waals surface area contributed by atoms with E-state index < -0.39 is 7.25 Å². The van der Waals surface area contributed by atoms with E-state index in [1.807, 2.05) is 24.3 Å². The molecule has 0 amide bonds. The summed E-state index contributed by atoms with van der Waals surface area (Å²) in [6.07, 6.45) is 1.68. The maximum atomic E-state index is 9.75. The lowest BCUT2D eigenvalue weighted by atomic mass is 10.2. The van der Waals surface area contributed by atoms with Gasteiger partial charge in [-0.3, -0.25) is 0 Å². The number of para-hydroxylation sites is 1. The van der Waals surface area contributed by atoms with Gasteiger partial charge >= 0.3 is 12.9 Å². The molecule has 1 aromatic carbocycles. The molecule has 1 heterocycles. The second kappa shape index (κ2) is 5.25. The summed E-state index contributed by atoms with van der Waals surface area (Å²) in [5.74, 6) is 0. The number of rotatable bonds is 0. The van der Waals surface area contributed by atoms with Gasteiger partial charge in [0.2, 0.25) is 5.39 Å². The van der Waals surface area contributed by atoms with Crippen LogP contribution in [-0.2, 0) is 0 Å². The van der Waals surface area contributed by atoms with E-state index in [4.69, 9.17) is 5.39 Å². The number of pyridine rings is 1. The third-order valence-corrected chi connectivity index (χ3v) is 1.72. The average molecular weight is 243 g/mol. The zero-order valence-electron chi connectivity index (χ0n) is 8.39. The molecule has 0 aliphatic rings. The first-order valence-corrected chi connectivity index (χ1v) is 4.48. The predicted octanol–water partition coefficient (Wildman–Crippen LogP) is 4.02. The number of hydrogen-bond acceptors (Lipinski definition) is 2. The topological polar surface area (TPSA) is 41.0 Å². The van der Waals surface area contributed by atoms with Gasteiger partial charge in [0.05, 0.1) is 0 Å². The molecule has 2 rings (SSSR count). The fourth-order valence-electron chi connectivity index (χ4n) is 1.17. The van der Waals surface area contributed by atoms with E-state index in [0.29, 0.717) is 5.69 Å². The van der Waals surface area contributed by atoms with Crippen LogP contribution < -0.4 is 0 Å².